The molecule has 1 saturated carbocycles. The molecule has 1 aromatic carbocycles. The maximum atomic E-state index is 13.5. The molecule has 0 spiro atoms. The number of hydrogen-bond donors (Lipinski definition) is 1. The molecule has 1 aliphatic carbocycles. The zero-order valence-corrected chi connectivity index (χ0v) is 12.8. The summed E-state index contributed by atoms with van der Waals surface area (Å²) in [4.78, 5) is 12.9. The van der Waals surface area contributed by atoms with Gasteiger partial charge in [0, 0.05) is 13.1 Å². The maximum absolute atomic E-state index is 13.5. The lowest BCUT2D eigenvalue weighted by Gasteiger charge is -2.24. The molecule has 1 aromatic heterocycles. The Labute approximate surface area is 137 Å². The minimum atomic E-state index is -4.59. The van der Waals surface area contributed by atoms with Crippen molar-refractivity contribution in [3.05, 3.63) is 17.7 Å². The number of aliphatic carboxylic acids is 1. The van der Waals surface area contributed by atoms with Crippen molar-refractivity contribution in [2.24, 2.45) is 10.8 Å². The second kappa shape index (κ2) is 4.36. The van der Waals surface area contributed by atoms with Gasteiger partial charge in [0.1, 0.15) is 27.9 Å². The van der Waals surface area contributed by atoms with Gasteiger partial charge in [-0.25, -0.2) is 0 Å². The van der Waals surface area contributed by atoms with Gasteiger partial charge in [-0.1, -0.05) is 0 Å². The molecule has 0 amide bonds. The number of fused-ring (bicyclic) bond motifs is 2. The number of nitrogens with zero attached hydrogens (tertiary/aromatic N) is 4. The van der Waals surface area contributed by atoms with E-state index in [0.29, 0.717) is 16.7 Å². The molecule has 1 N–H and O–H groups in total. The van der Waals surface area contributed by atoms with Crippen molar-refractivity contribution < 1.29 is 23.1 Å². The van der Waals surface area contributed by atoms with Gasteiger partial charge in [-0.2, -0.15) is 27.2 Å². The minimum Gasteiger partial charge on any atom is -0.481 e. The number of carbonyl (C=O) groups is 1. The molecule has 2 aromatic rings. The first kappa shape index (κ1) is 15.1. The lowest BCUT2D eigenvalue weighted by Crippen LogP contribution is -2.34. The highest BCUT2D eigenvalue weighted by molar-refractivity contribution is 7.00. The average Bonchev–Trinajstić information content (AvgIpc) is 2.87. The molecule has 10 heteroatoms. The number of nitriles is 1. The van der Waals surface area contributed by atoms with Crippen molar-refractivity contribution in [1.29, 1.82) is 5.26 Å². The van der Waals surface area contributed by atoms with Gasteiger partial charge in [0.2, 0.25) is 0 Å². The molecule has 2 atom stereocenters. The number of carboxylic acids is 1. The van der Waals surface area contributed by atoms with Gasteiger partial charge in [0.15, 0.2) is 0 Å². The third-order valence-electron chi connectivity index (χ3n) is 5.12. The lowest BCUT2D eigenvalue weighted by molar-refractivity contribution is -0.194. The highest BCUT2D eigenvalue weighted by Gasteiger charge is 2.86. The van der Waals surface area contributed by atoms with Crippen molar-refractivity contribution in [2.75, 3.05) is 18.0 Å². The molecule has 24 heavy (non-hydrogen) atoms. The van der Waals surface area contributed by atoms with E-state index in [9.17, 15) is 23.1 Å². The summed E-state index contributed by atoms with van der Waals surface area (Å²) in [6.45, 7) is -0.665. The molecule has 4 rings (SSSR count). The Balaban J connectivity index is 1.80. The van der Waals surface area contributed by atoms with Crippen LogP contribution in [0.25, 0.3) is 11.0 Å². The second-order valence-electron chi connectivity index (χ2n) is 6.21. The third kappa shape index (κ3) is 1.62. The van der Waals surface area contributed by atoms with Crippen LogP contribution in [0.15, 0.2) is 12.1 Å². The van der Waals surface area contributed by atoms with E-state index >= 15 is 0 Å². The summed E-state index contributed by atoms with van der Waals surface area (Å²) in [7, 11) is 0. The summed E-state index contributed by atoms with van der Waals surface area (Å²) >= 11 is 0.861. The summed E-state index contributed by atoms with van der Waals surface area (Å²) in [6, 6.07) is 4.94. The van der Waals surface area contributed by atoms with E-state index in [1.54, 1.807) is 0 Å². The number of benzene rings is 1. The minimum absolute atomic E-state index is 0.236. The van der Waals surface area contributed by atoms with Crippen LogP contribution in [0, 0.1) is 22.2 Å². The van der Waals surface area contributed by atoms with Crippen LogP contribution in [-0.4, -0.2) is 39.1 Å². The summed E-state index contributed by atoms with van der Waals surface area (Å²) in [5, 5.41) is 18.4. The predicted octanol–water partition coefficient (Wildman–Crippen LogP) is 2.41. The number of hydrogen-bond acceptors (Lipinski definition) is 6. The van der Waals surface area contributed by atoms with Crippen LogP contribution in [0.5, 0.6) is 0 Å². The molecule has 2 heterocycles. The molecule has 0 radical (unpaired) electrons. The molecule has 6 nitrogen and oxygen atoms in total. The van der Waals surface area contributed by atoms with Gasteiger partial charge >= 0.3 is 12.1 Å². The predicted molar refractivity (Wildman–Crippen MR) is 77.5 cm³/mol. The van der Waals surface area contributed by atoms with Crippen molar-refractivity contribution in [1.82, 2.24) is 8.75 Å². The quantitative estimate of drug-likeness (QED) is 0.891. The Morgan fingerprint density at radius 1 is 1.33 bits per heavy atom. The molecule has 2 fully saturated rings. The van der Waals surface area contributed by atoms with E-state index in [2.05, 4.69) is 8.75 Å². The van der Waals surface area contributed by atoms with E-state index in [1.165, 1.54) is 17.0 Å². The van der Waals surface area contributed by atoms with Gasteiger partial charge in [-0.3, -0.25) is 4.79 Å². The van der Waals surface area contributed by atoms with Crippen LogP contribution in [0.3, 0.4) is 0 Å². The highest BCUT2D eigenvalue weighted by atomic mass is 32.1. The Kier molecular flexibility index (Phi) is 2.75. The smallest absolute Gasteiger partial charge is 0.397 e. The number of halogens is 3. The molecule has 1 aliphatic heterocycles. The Hall–Kier alpha value is -2.41. The standard InChI is InChI=1S/C14H9F3N4O2S/c15-14(16,17)13-4-12(13,11(22)23)5-21(6-13)8-2-1-7(3-18)9-10(8)20-24-19-9/h1-2H,4-6H2,(H,22,23). The zero-order valence-electron chi connectivity index (χ0n) is 12.0. The summed E-state index contributed by atoms with van der Waals surface area (Å²) in [6.07, 6.45) is -4.99. The van der Waals surface area contributed by atoms with Crippen molar-refractivity contribution in [3.8, 4) is 6.07 Å². The SMILES string of the molecule is N#Cc1ccc(N2CC3(C(=O)O)CC3(C(F)(F)F)C2)c2nsnc12. The normalized spacial score (nSPS) is 28.7. The van der Waals surface area contributed by atoms with Crippen molar-refractivity contribution in [3.63, 3.8) is 0 Å². The number of alkyl halides is 3. The van der Waals surface area contributed by atoms with Crippen molar-refractivity contribution in [2.45, 2.75) is 12.6 Å². The number of aromatic nitrogens is 2. The molecular weight excluding hydrogens is 345 g/mol. The second-order valence-corrected chi connectivity index (χ2v) is 6.73. The largest absolute Gasteiger partial charge is 0.481 e. The molecule has 2 unspecified atom stereocenters. The zero-order chi connectivity index (χ0) is 17.3. The molecular formula is C14H9F3N4O2S. The number of anilines is 1. The van der Waals surface area contributed by atoms with E-state index in [1.807, 2.05) is 6.07 Å². The van der Waals surface area contributed by atoms with Gasteiger partial charge in [-0.15, -0.1) is 0 Å². The van der Waals surface area contributed by atoms with Gasteiger partial charge < -0.3 is 10.0 Å². The maximum Gasteiger partial charge on any atom is 0.397 e. The van der Waals surface area contributed by atoms with Crippen LogP contribution in [0.2, 0.25) is 0 Å². The Morgan fingerprint density at radius 3 is 2.62 bits per heavy atom. The average molecular weight is 354 g/mol. The van der Waals surface area contributed by atoms with Crippen LogP contribution >= 0.6 is 11.7 Å². The fraction of sp³-hybridized carbons (Fsp3) is 0.429. The van der Waals surface area contributed by atoms with Gasteiger partial charge in [0.05, 0.1) is 23.0 Å². The van der Waals surface area contributed by atoms with E-state index < -0.39 is 35.9 Å². The topological polar surface area (TPSA) is 90.1 Å². The lowest BCUT2D eigenvalue weighted by atomic mass is 9.96. The first-order valence-electron chi connectivity index (χ1n) is 6.96. The van der Waals surface area contributed by atoms with Crippen LogP contribution in [-0.2, 0) is 4.79 Å². The summed E-state index contributed by atoms with van der Waals surface area (Å²) < 4.78 is 48.6. The van der Waals surface area contributed by atoms with Gasteiger partial charge in [-0.05, 0) is 18.6 Å². The van der Waals surface area contributed by atoms with Crippen LogP contribution in [0.4, 0.5) is 18.9 Å². The fourth-order valence-corrected chi connectivity index (χ4v) is 4.34. The van der Waals surface area contributed by atoms with E-state index in [0.717, 1.165) is 11.7 Å². The first-order chi connectivity index (χ1) is 11.3. The van der Waals surface area contributed by atoms with Crippen LogP contribution in [0.1, 0.15) is 12.0 Å². The third-order valence-corrected chi connectivity index (χ3v) is 5.65. The number of carboxylic acid groups (broad SMARTS) is 1. The molecule has 124 valence electrons. The Morgan fingerprint density at radius 2 is 2.04 bits per heavy atom. The fourth-order valence-electron chi connectivity index (χ4n) is 3.77. The first-order valence-corrected chi connectivity index (χ1v) is 7.69. The molecule has 1 saturated heterocycles. The Bertz CT molecular complexity index is 921. The highest BCUT2D eigenvalue weighted by Crippen LogP contribution is 2.75. The monoisotopic (exact) mass is 354 g/mol. The summed E-state index contributed by atoms with van der Waals surface area (Å²) in [5.41, 5.74) is -2.71. The van der Waals surface area contributed by atoms with E-state index in [-0.39, 0.29) is 12.1 Å². The van der Waals surface area contributed by atoms with Crippen molar-refractivity contribution >= 4 is 34.4 Å². The van der Waals surface area contributed by atoms with E-state index in [4.69, 9.17) is 5.26 Å². The number of piperidine rings is 1. The summed E-state index contributed by atoms with van der Waals surface area (Å²) in [5.74, 6) is -1.43. The van der Waals surface area contributed by atoms with Crippen LogP contribution < -0.4 is 4.90 Å². The molecule has 0 bridgehead atoms. The molecule has 2 aliphatic rings. The number of rotatable bonds is 2. The van der Waals surface area contributed by atoms with Gasteiger partial charge in [0.25, 0.3) is 0 Å².